The molecule has 4 saturated carbocycles. The zero-order chi connectivity index (χ0) is 21.8. The summed E-state index contributed by atoms with van der Waals surface area (Å²) in [5, 5.41) is 0. The van der Waals surface area contributed by atoms with E-state index >= 15 is 0 Å². The number of rotatable bonds is 3. The van der Waals surface area contributed by atoms with Crippen LogP contribution in [0.5, 0.6) is 0 Å². The summed E-state index contributed by atoms with van der Waals surface area (Å²) in [5.41, 5.74) is -0.0389. The molecule has 0 aromatic heterocycles. The van der Waals surface area contributed by atoms with E-state index in [2.05, 4.69) is 13.8 Å². The second kappa shape index (κ2) is 7.63. The van der Waals surface area contributed by atoms with Crippen molar-refractivity contribution in [3.63, 3.8) is 0 Å². The molecule has 0 spiro atoms. The van der Waals surface area contributed by atoms with E-state index in [4.69, 9.17) is 9.47 Å². The predicted molar refractivity (Wildman–Crippen MR) is 112 cm³/mol. The summed E-state index contributed by atoms with van der Waals surface area (Å²) in [5.74, 6) is 1.84. The summed E-state index contributed by atoms with van der Waals surface area (Å²) >= 11 is 0. The smallest absolute Gasteiger partial charge is 0.302 e. The van der Waals surface area contributed by atoms with Crippen LogP contribution in [-0.4, -0.2) is 29.9 Å². The van der Waals surface area contributed by atoms with Crippen LogP contribution < -0.4 is 0 Å². The molecule has 0 bridgehead atoms. The molecule has 0 N–H and O–H groups in total. The number of ether oxygens (including phenoxy) is 2. The van der Waals surface area contributed by atoms with Crippen molar-refractivity contribution in [2.24, 2.45) is 40.4 Å². The highest BCUT2D eigenvalue weighted by Gasteiger charge is 2.64. The van der Waals surface area contributed by atoms with E-state index in [0.717, 1.165) is 44.9 Å². The maximum atomic E-state index is 13.7. The van der Waals surface area contributed by atoms with Crippen LogP contribution in [0, 0.1) is 40.4 Å². The van der Waals surface area contributed by atoms with Gasteiger partial charge in [0.15, 0.2) is 0 Å². The lowest BCUT2D eigenvalue weighted by atomic mass is 9.44. The molecule has 0 saturated heterocycles. The van der Waals surface area contributed by atoms with Gasteiger partial charge in [0.1, 0.15) is 18.0 Å². The van der Waals surface area contributed by atoms with Crippen LogP contribution in [0.4, 0.5) is 0 Å². The lowest BCUT2D eigenvalue weighted by molar-refractivity contribution is -0.172. The van der Waals surface area contributed by atoms with Gasteiger partial charge in [-0.1, -0.05) is 13.8 Å². The molecule has 0 amide bonds. The maximum absolute atomic E-state index is 13.7. The molecule has 4 rings (SSSR count). The van der Waals surface area contributed by atoms with E-state index < -0.39 is 0 Å². The van der Waals surface area contributed by atoms with E-state index in [0.29, 0.717) is 30.0 Å². The average Bonchev–Trinajstić information content (AvgIpc) is 2.97. The van der Waals surface area contributed by atoms with Crippen molar-refractivity contribution >= 4 is 17.7 Å². The van der Waals surface area contributed by atoms with E-state index in [9.17, 15) is 14.4 Å². The van der Waals surface area contributed by atoms with Gasteiger partial charge in [0.25, 0.3) is 0 Å². The zero-order valence-electron chi connectivity index (χ0n) is 19.2. The second-order valence-corrected chi connectivity index (χ2v) is 11.2. The SMILES string of the molecule is CC(=O)O[C@@H]1CC[C@@]2(C)[C@H](CC[C@H]3[C@H]4CC[C@@H]([C@@H](C)OC(C)=O)[C@@]4(C)CC(=O)[C@H]32)C1. The van der Waals surface area contributed by atoms with Crippen LogP contribution in [0.15, 0.2) is 0 Å². The Labute approximate surface area is 180 Å². The van der Waals surface area contributed by atoms with Crippen molar-refractivity contribution in [2.45, 2.75) is 98.2 Å². The highest BCUT2D eigenvalue weighted by Crippen LogP contribution is 2.67. The molecule has 0 aromatic rings. The minimum atomic E-state index is -0.230. The fourth-order valence-corrected chi connectivity index (χ4v) is 8.53. The topological polar surface area (TPSA) is 69.7 Å². The van der Waals surface area contributed by atoms with Gasteiger partial charge in [0, 0.05) is 32.1 Å². The highest BCUT2D eigenvalue weighted by molar-refractivity contribution is 5.84. The van der Waals surface area contributed by atoms with Crippen molar-refractivity contribution in [2.75, 3.05) is 0 Å². The summed E-state index contributed by atoms with van der Waals surface area (Å²) < 4.78 is 11.1. The first kappa shape index (κ1) is 21.8. The van der Waals surface area contributed by atoms with Gasteiger partial charge in [-0.3, -0.25) is 14.4 Å². The Kier molecular flexibility index (Phi) is 5.55. The quantitative estimate of drug-likeness (QED) is 0.621. The van der Waals surface area contributed by atoms with Crippen LogP contribution >= 0.6 is 0 Å². The molecule has 168 valence electrons. The van der Waals surface area contributed by atoms with Gasteiger partial charge >= 0.3 is 11.9 Å². The van der Waals surface area contributed by atoms with Crippen molar-refractivity contribution in [1.82, 2.24) is 0 Å². The molecule has 0 heterocycles. The van der Waals surface area contributed by atoms with E-state index in [1.54, 1.807) is 0 Å². The molecule has 4 aliphatic carbocycles. The first-order valence-corrected chi connectivity index (χ1v) is 11.9. The lowest BCUT2D eigenvalue weighted by Gasteiger charge is -2.60. The number of esters is 2. The second-order valence-electron chi connectivity index (χ2n) is 11.2. The van der Waals surface area contributed by atoms with Gasteiger partial charge in [-0.05, 0) is 80.5 Å². The monoisotopic (exact) mass is 418 g/mol. The third kappa shape index (κ3) is 3.40. The zero-order valence-corrected chi connectivity index (χ0v) is 19.2. The van der Waals surface area contributed by atoms with Gasteiger partial charge < -0.3 is 9.47 Å². The van der Waals surface area contributed by atoms with E-state index in [1.807, 2.05) is 6.92 Å². The average molecular weight is 419 g/mol. The Hall–Kier alpha value is -1.39. The molecule has 30 heavy (non-hydrogen) atoms. The largest absolute Gasteiger partial charge is 0.463 e. The Bertz CT molecular complexity index is 731. The first-order valence-electron chi connectivity index (χ1n) is 11.9. The molecular formula is C25H38O5. The van der Waals surface area contributed by atoms with Crippen LogP contribution in [0.2, 0.25) is 0 Å². The maximum Gasteiger partial charge on any atom is 0.302 e. The fraction of sp³-hybridized carbons (Fsp3) is 0.880. The third-order valence-corrected chi connectivity index (χ3v) is 9.62. The molecule has 9 atom stereocenters. The molecule has 0 aromatic carbocycles. The standard InChI is InChI=1S/C25H38O5/c1-14(29-15(2)26)20-8-9-21-19-7-6-17-12-18(30-16(3)27)10-11-24(17,4)23(19)22(28)13-25(20,21)5/h14,17-21,23H,6-13H2,1-5H3/t14-,17-,18-,19+,20+,21-,23+,24+,25-/m1/s1. The lowest BCUT2D eigenvalue weighted by Crippen LogP contribution is -2.58. The van der Waals surface area contributed by atoms with Crippen LogP contribution in [0.1, 0.15) is 86.0 Å². The van der Waals surface area contributed by atoms with Crippen molar-refractivity contribution in [1.29, 1.82) is 0 Å². The van der Waals surface area contributed by atoms with Gasteiger partial charge in [-0.2, -0.15) is 0 Å². The summed E-state index contributed by atoms with van der Waals surface area (Å²) in [6.45, 7) is 9.60. The number of Topliss-reactive ketones (excluding diaryl/α,β-unsaturated/α-hetero) is 1. The predicted octanol–water partition coefficient (Wildman–Crippen LogP) is 4.71. The van der Waals surface area contributed by atoms with Gasteiger partial charge in [-0.25, -0.2) is 0 Å². The Morgan fingerprint density at radius 3 is 2.40 bits per heavy atom. The number of hydrogen-bond donors (Lipinski definition) is 0. The normalized spacial score (nSPS) is 46.2. The minimum Gasteiger partial charge on any atom is -0.463 e. The van der Waals surface area contributed by atoms with Gasteiger partial charge in [-0.15, -0.1) is 0 Å². The van der Waals surface area contributed by atoms with Crippen molar-refractivity contribution in [3.8, 4) is 0 Å². The Morgan fingerprint density at radius 2 is 1.73 bits per heavy atom. The van der Waals surface area contributed by atoms with Crippen molar-refractivity contribution < 1.29 is 23.9 Å². The summed E-state index contributed by atoms with van der Waals surface area (Å²) in [6.07, 6.45) is 7.65. The number of carbonyl (C=O) groups excluding carboxylic acids is 3. The number of hydrogen-bond acceptors (Lipinski definition) is 5. The number of carbonyl (C=O) groups is 3. The summed E-state index contributed by atoms with van der Waals surface area (Å²) in [4.78, 5) is 36.7. The third-order valence-electron chi connectivity index (χ3n) is 9.62. The fourth-order valence-electron chi connectivity index (χ4n) is 8.53. The molecule has 4 aliphatic rings. The van der Waals surface area contributed by atoms with Crippen LogP contribution in [0.3, 0.4) is 0 Å². The first-order chi connectivity index (χ1) is 14.1. The van der Waals surface area contributed by atoms with E-state index in [1.165, 1.54) is 13.8 Å². The van der Waals surface area contributed by atoms with Gasteiger partial charge in [0.05, 0.1) is 0 Å². The molecular weight excluding hydrogens is 380 g/mol. The van der Waals surface area contributed by atoms with E-state index in [-0.39, 0.29) is 46.8 Å². The Balaban J connectivity index is 1.56. The molecule has 0 unspecified atom stereocenters. The number of ketones is 1. The number of fused-ring (bicyclic) bond motifs is 5. The molecule has 4 fully saturated rings. The molecule has 5 nitrogen and oxygen atoms in total. The summed E-state index contributed by atoms with van der Waals surface area (Å²) in [6, 6.07) is 0. The highest BCUT2D eigenvalue weighted by atomic mass is 16.5. The van der Waals surface area contributed by atoms with Crippen molar-refractivity contribution in [3.05, 3.63) is 0 Å². The van der Waals surface area contributed by atoms with Crippen LogP contribution in [0.25, 0.3) is 0 Å². The minimum absolute atomic E-state index is 0.0153. The summed E-state index contributed by atoms with van der Waals surface area (Å²) in [7, 11) is 0. The molecule has 0 radical (unpaired) electrons. The Morgan fingerprint density at radius 1 is 1.00 bits per heavy atom. The molecule has 0 aliphatic heterocycles. The van der Waals surface area contributed by atoms with Crippen LogP contribution in [-0.2, 0) is 23.9 Å². The van der Waals surface area contributed by atoms with Gasteiger partial charge in [0.2, 0.25) is 0 Å². The molecule has 5 heteroatoms.